The Morgan fingerprint density at radius 2 is 1.66 bits per heavy atom. The fourth-order valence-corrected chi connectivity index (χ4v) is 2.92. The lowest BCUT2D eigenvalue weighted by molar-refractivity contribution is -0.116. The molecule has 0 aliphatic carbocycles. The molecule has 0 radical (unpaired) electrons. The molecule has 5 nitrogen and oxygen atoms in total. The molecule has 0 atom stereocenters. The van der Waals surface area contributed by atoms with E-state index >= 15 is 0 Å². The number of carbonyl (C=O) groups is 2. The molecule has 3 rings (SSSR count). The van der Waals surface area contributed by atoms with Gasteiger partial charge in [-0.3, -0.25) is 9.59 Å². The summed E-state index contributed by atoms with van der Waals surface area (Å²) in [5.41, 5.74) is 2.52. The lowest BCUT2D eigenvalue weighted by Crippen LogP contribution is -2.15. The Balaban J connectivity index is 1.63. The summed E-state index contributed by atoms with van der Waals surface area (Å²) in [5, 5.41) is 5.97. The minimum atomic E-state index is -0.299. The van der Waals surface area contributed by atoms with Crippen LogP contribution < -0.4 is 15.4 Å². The molecule has 0 unspecified atom stereocenters. The van der Waals surface area contributed by atoms with E-state index in [4.69, 9.17) is 16.3 Å². The van der Waals surface area contributed by atoms with Crippen molar-refractivity contribution < 1.29 is 14.3 Å². The zero-order valence-corrected chi connectivity index (χ0v) is 16.7. The second-order valence-corrected chi connectivity index (χ2v) is 6.82. The summed E-state index contributed by atoms with van der Waals surface area (Å²) in [7, 11) is 1.58. The third kappa shape index (κ3) is 5.83. The molecule has 0 spiro atoms. The largest absolute Gasteiger partial charge is 0.497 e. The molecule has 0 aliphatic heterocycles. The first-order valence-corrected chi connectivity index (χ1v) is 9.51. The summed E-state index contributed by atoms with van der Waals surface area (Å²) in [6, 6.07) is 21.6. The normalized spacial score (nSPS) is 10.3. The van der Waals surface area contributed by atoms with Crippen molar-refractivity contribution in [2.24, 2.45) is 0 Å². The van der Waals surface area contributed by atoms with Gasteiger partial charge in [-0.05, 0) is 54.4 Å². The second kappa shape index (κ2) is 9.75. The van der Waals surface area contributed by atoms with E-state index in [1.165, 1.54) is 0 Å². The van der Waals surface area contributed by atoms with Crippen LogP contribution in [0.5, 0.6) is 5.75 Å². The molecular weight excluding hydrogens is 388 g/mol. The maximum atomic E-state index is 12.5. The third-order valence-corrected chi connectivity index (χ3v) is 4.66. The van der Waals surface area contributed by atoms with Crippen LogP contribution in [0.3, 0.4) is 0 Å². The van der Waals surface area contributed by atoms with E-state index < -0.39 is 0 Å². The maximum Gasteiger partial charge on any atom is 0.255 e. The molecule has 0 saturated carbocycles. The number of hydrogen-bond donors (Lipinski definition) is 2. The van der Waals surface area contributed by atoms with Gasteiger partial charge < -0.3 is 15.4 Å². The number of hydrogen-bond acceptors (Lipinski definition) is 3. The van der Waals surface area contributed by atoms with Crippen molar-refractivity contribution in [1.82, 2.24) is 0 Å². The number of nitrogens with one attached hydrogen (secondary N) is 2. The first-order valence-electron chi connectivity index (χ1n) is 9.14. The van der Waals surface area contributed by atoms with E-state index in [2.05, 4.69) is 10.6 Å². The quantitative estimate of drug-likeness (QED) is 0.566. The van der Waals surface area contributed by atoms with Crippen molar-refractivity contribution in [1.29, 1.82) is 0 Å². The highest BCUT2D eigenvalue weighted by Gasteiger charge is 2.12. The molecule has 2 amide bonds. The number of amides is 2. The van der Waals surface area contributed by atoms with Crippen LogP contribution in [0, 0.1) is 0 Å². The maximum absolute atomic E-state index is 12.5. The molecule has 0 aromatic heterocycles. The predicted molar refractivity (Wildman–Crippen MR) is 116 cm³/mol. The minimum Gasteiger partial charge on any atom is -0.497 e. The van der Waals surface area contributed by atoms with Crippen molar-refractivity contribution >= 4 is 34.8 Å². The monoisotopic (exact) mass is 408 g/mol. The number of aryl methyl sites for hydroxylation is 1. The van der Waals surface area contributed by atoms with Gasteiger partial charge in [0.2, 0.25) is 5.91 Å². The van der Waals surface area contributed by atoms with Gasteiger partial charge in [0.1, 0.15) is 5.75 Å². The number of carbonyl (C=O) groups excluding carboxylic acids is 2. The molecule has 6 heteroatoms. The van der Waals surface area contributed by atoms with E-state index in [0.717, 1.165) is 5.56 Å². The van der Waals surface area contributed by atoms with E-state index in [1.807, 2.05) is 30.3 Å². The Morgan fingerprint density at radius 1 is 0.931 bits per heavy atom. The highest BCUT2D eigenvalue weighted by atomic mass is 35.5. The Labute approximate surface area is 174 Å². The van der Waals surface area contributed by atoms with Crippen molar-refractivity contribution in [3.8, 4) is 5.75 Å². The van der Waals surface area contributed by atoms with Gasteiger partial charge in [0.25, 0.3) is 5.91 Å². The molecule has 0 aliphatic rings. The van der Waals surface area contributed by atoms with Crippen LogP contribution in [0.25, 0.3) is 0 Å². The standard InChI is InChI=1S/C23H21ClN2O3/c1-29-19-11-9-18(10-12-19)25-23(28)17-8-13-20(24)21(15-17)26-22(27)14-7-16-5-3-2-4-6-16/h2-6,8-13,15H,7,14H2,1H3,(H,25,28)(H,26,27). The van der Waals surface area contributed by atoms with Gasteiger partial charge in [-0.15, -0.1) is 0 Å². The average Bonchev–Trinajstić information content (AvgIpc) is 2.75. The summed E-state index contributed by atoms with van der Waals surface area (Å²) >= 11 is 6.20. The van der Waals surface area contributed by atoms with Gasteiger partial charge in [0.15, 0.2) is 0 Å². The number of methoxy groups -OCH3 is 1. The van der Waals surface area contributed by atoms with E-state index in [0.29, 0.717) is 40.6 Å². The number of rotatable bonds is 7. The highest BCUT2D eigenvalue weighted by molar-refractivity contribution is 6.34. The van der Waals surface area contributed by atoms with Gasteiger partial charge in [-0.25, -0.2) is 0 Å². The smallest absolute Gasteiger partial charge is 0.255 e. The molecule has 3 aromatic carbocycles. The molecule has 148 valence electrons. The molecule has 3 aromatic rings. The fourth-order valence-electron chi connectivity index (χ4n) is 2.76. The second-order valence-electron chi connectivity index (χ2n) is 6.41. The Bertz CT molecular complexity index is 989. The fraction of sp³-hybridized carbons (Fsp3) is 0.130. The lowest BCUT2D eigenvalue weighted by Gasteiger charge is -2.11. The number of ether oxygens (including phenoxy) is 1. The summed E-state index contributed by atoms with van der Waals surface area (Å²) in [5.74, 6) is 0.241. The molecule has 0 heterocycles. The minimum absolute atomic E-state index is 0.163. The number of halogens is 1. The third-order valence-electron chi connectivity index (χ3n) is 4.33. The zero-order chi connectivity index (χ0) is 20.6. The zero-order valence-electron chi connectivity index (χ0n) is 15.9. The molecule has 0 saturated heterocycles. The highest BCUT2D eigenvalue weighted by Crippen LogP contribution is 2.24. The first-order chi connectivity index (χ1) is 14.0. The van der Waals surface area contributed by atoms with Crippen LogP contribution in [-0.2, 0) is 11.2 Å². The Morgan fingerprint density at radius 3 is 2.34 bits per heavy atom. The summed E-state index contributed by atoms with van der Waals surface area (Å²) < 4.78 is 5.11. The SMILES string of the molecule is COc1ccc(NC(=O)c2ccc(Cl)c(NC(=O)CCc3ccccc3)c2)cc1. The van der Waals surface area contributed by atoms with E-state index in [9.17, 15) is 9.59 Å². The first kappa shape index (κ1) is 20.4. The van der Waals surface area contributed by atoms with Gasteiger partial charge in [0, 0.05) is 17.7 Å². The van der Waals surface area contributed by atoms with Crippen LogP contribution in [0.4, 0.5) is 11.4 Å². The van der Waals surface area contributed by atoms with Crippen LogP contribution in [0.1, 0.15) is 22.3 Å². The average molecular weight is 409 g/mol. The van der Waals surface area contributed by atoms with Gasteiger partial charge in [0.05, 0.1) is 17.8 Å². The van der Waals surface area contributed by atoms with Crippen LogP contribution >= 0.6 is 11.6 Å². The Hall–Kier alpha value is -3.31. The van der Waals surface area contributed by atoms with E-state index in [1.54, 1.807) is 49.6 Å². The van der Waals surface area contributed by atoms with Crippen LogP contribution in [0.15, 0.2) is 72.8 Å². The molecular formula is C23H21ClN2O3. The van der Waals surface area contributed by atoms with Crippen molar-refractivity contribution in [2.75, 3.05) is 17.7 Å². The molecule has 0 fully saturated rings. The summed E-state index contributed by atoms with van der Waals surface area (Å²) in [4.78, 5) is 24.8. The predicted octanol–water partition coefficient (Wildman–Crippen LogP) is 5.17. The molecule has 0 bridgehead atoms. The summed E-state index contributed by atoms with van der Waals surface area (Å²) in [6.45, 7) is 0. The van der Waals surface area contributed by atoms with Gasteiger partial charge in [-0.2, -0.15) is 0 Å². The van der Waals surface area contributed by atoms with Gasteiger partial charge in [-0.1, -0.05) is 41.9 Å². The lowest BCUT2D eigenvalue weighted by atomic mass is 10.1. The molecule has 2 N–H and O–H groups in total. The Kier molecular flexibility index (Phi) is 6.87. The topological polar surface area (TPSA) is 67.4 Å². The van der Waals surface area contributed by atoms with Crippen molar-refractivity contribution in [3.05, 3.63) is 88.9 Å². The molecule has 29 heavy (non-hydrogen) atoms. The van der Waals surface area contributed by atoms with Crippen LogP contribution in [0.2, 0.25) is 5.02 Å². The van der Waals surface area contributed by atoms with E-state index in [-0.39, 0.29) is 11.8 Å². The number of benzene rings is 3. The van der Waals surface area contributed by atoms with Gasteiger partial charge >= 0.3 is 0 Å². The number of anilines is 2. The van der Waals surface area contributed by atoms with Crippen LogP contribution in [-0.4, -0.2) is 18.9 Å². The summed E-state index contributed by atoms with van der Waals surface area (Å²) in [6.07, 6.45) is 0.949. The van der Waals surface area contributed by atoms with Crippen molar-refractivity contribution in [3.63, 3.8) is 0 Å². The van der Waals surface area contributed by atoms with Crippen molar-refractivity contribution in [2.45, 2.75) is 12.8 Å².